The van der Waals surface area contributed by atoms with Crippen LogP contribution in [0.3, 0.4) is 0 Å². The molecule has 0 aliphatic heterocycles. The van der Waals surface area contributed by atoms with Gasteiger partial charge in [0, 0.05) is 11.1 Å². The summed E-state index contributed by atoms with van der Waals surface area (Å²) in [6.07, 6.45) is 21.9. The number of rotatable bonds is 20. The molecule has 2 N–H and O–H groups in total. The second-order valence-corrected chi connectivity index (χ2v) is 12.1. The molecule has 45 heavy (non-hydrogen) atoms. The van der Waals surface area contributed by atoms with Gasteiger partial charge in [0.05, 0.1) is 6.61 Å². The molecule has 0 spiro atoms. The van der Waals surface area contributed by atoms with Gasteiger partial charge in [-0.2, -0.15) is 0 Å². The second kappa shape index (κ2) is 22.7. The van der Waals surface area contributed by atoms with Gasteiger partial charge in [-0.05, 0) is 41.8 Å². The van der Waals surface area contributed by atoms with Gasteiger partial charge in [-0.3, -0.25) is 0 Å². The van der Waals surface area contributed by atoms with Crippen molar-refractivity contribution in [3.8, 4) is 39.5 Å². The van der Waals surface area contributed by atoms with Crippen LogP contribution in [-0.4, -0.2) is 16.8 Å². The van der Waals surface area contributed by atoms with Crippen molar-refractivity contribution in [2.75, 3.05) is 6.61 Å². The lowest BCUT2D eigenvalue weighted by molar-refractivity contribution is 0.304. The summed E-state index contributed by atoms with van der Waals surface area (Å²) in [7, 11) is 0. The Hall–Kier alpha value is -3.72. The fourth-order valence-corrected chi connectivity index (χ4v) is 5.64. The fourth-order valence-electron chi connectivity index (χ4n) is 5.64. The highest BCUT2D eigenvalue weighted by atomic mass is 16.5. The lowest BCUT2D eigenvalue weighted by atomic mass is 9.97. The van der Waals surface area contributed by atoms with Crippen LogP contribution in [0.15, 0.2) is 103 Å². The molecule has 0 radical (unpaired) electrons. The summed E-state index contributed by atoms with van der Waals surface area (Å²) in [5.74, 6) is 1.45. The van der Waals surface area contributed by atoms with Gasteiger partial charge >= 0.3 is 0 Å². The van der Waals surface area contributed by atoms with Crippen molar-refractivity contribution in [3.05, 3.63) is 103 Å². The molecular formula is C42H56O3. The van der Waals surface area contributed by atoms with Gasteiger partial charge in [0.15, 0.2) is 0 Å². The smallest absolute Gasteiger partial charge is 0.131 e. The van der Waals surface area contributed by atoms with Crippen molar-refractivity contribution < 1.29 is 14.9 Å². The molecule has 0 heterocycles. The first-order valence-corrected chi connectivity index (χ1v) is 17.5. The van der Waals surface area contributed by atoms with E-state index in [1.54, 1.807) is 24.3 Å². The third-order valence-electron chi connectivity index (χ3n) is 8.28. The van der Waals surface area contributed by atoms with Crippen LogP contribution < -0.4 is 4.74 Å². The Kier molecular flexibility index (Phi) is 18.1. The molecule has 0 aliphatic carbocycles. The molecule has 0 amide bonds. The maximum absolute atomic E-state index is 11.1. The molecule has 0 saturated heterocycles. The van der Waals surface area contributed by atoms with Gasteiger partial charge in [-0.1, -0.05) is 182 Å². The normalized spacial score (nSPS) is 10.7. The molecule has 0 atom stereocenters. The SMILES string of the molecule is CCCCCCCCCCCCCCCCCCOc1cc(-c2ccccc2)c(O)c(-c2ccccc2)c1.Oc1ccccc1. The van der Waals surface area contributed by atoms with Crippen molar-refractivity contribution in [2.45, 2.75) is 110 Å². The van der Waals surface area contributed by atoms with E-state index >= 15 is 0 Å². The maximum Gasteiger partial charge on any atom is 0.131 e. The zero-order valence-electron chi connectivity index (χ0n) is 27.6. The Morgan fingerprint density at radius 1 is 0.444 bits per heavy atom. The summed E-state index contributed by atoms with van der Waals surface area (Å²) in [5.41, 5.74) is 3.62. The number of unbranched alkanes of at least 4 members (excludes halogenated alkanes) is 15. The van der Waals surface area contributed by atoms with Gasteiger partial charge in [0.25, 0.3) is 0 Å². The number of hydrogen-bond acceptors (Lipinski definition) is 3. The largest absolute Gasteiger partial charge is 0.508 e. The minimum atomic E-state index is 0.303. The minimum absolute atomic E-state index is 0.303. The predicted molar refractivity (Wildman–Crippen MR) is 192 cm³/mol. The summed E-state index contributed by atoms with van der Waals surface area (Å²) in [5, 5.41) is 19.7. The molecule has 0 saturated carbocycles. The average Bonchev–Trinajstić information content (AvgIpc) is 3.08. The zero-order valence-corrected chi connectivity index (χ0v) is 27.6. The molecule has 4 aromatic rings. The molecule has 4 aromatic carbocycles. The first-order chi connectivity index (χ1) is 22.2. The quantitative estimate of drug-likeness (QED) is 0.0981. The molecular weight excluding hydrogens is 552 g/mol. The third-order valence-corrected chi connectivity index (χ3v) is 8.28. The number of benzene rings is 4. The molecule has 242 valence electrons. The first-order valence-electron chi connectivity index (χ1n) is 17.5. The van der Waals surface area contributed by atoms with Crippen LogP contribution in [0.4, 0.5) is 0 Å². The summed E-state index contributed by atoms with van der Waals surface area (Å²) in [4.78, 5) is 0. The third kappa shape index (κ3) is 14.7. The van der Waals surface area contributed by atoms with E-state index < -0.39 is 0 Å². The van der Waals surface area contributed by atoms with Gasteiger partial charge < -0.3 is 14.9 Å². The number of aromatic hydroxyl groups is 2. The molecule has 4 rings (SSSR count). The van der Waals surface area contributed by atoms with Gasteiger partial charge in [0.2, 0.25) is 0 Å². The Morgan fingerprint density at radius 2 is 0.800 bits per heavy atom. The molecule has 0 fully saturated rings. The van der Waals surface area contributed by atoms with E-state index in [2.05, 4.69) is 6.92 Å². The van der Waals surface area contributed by atoms with Crippen LogP contribution in [0, 0.1) is 0 Å². The molecule has 0 unspecified atom stereocenters. The van der Waals surface area contributed by atoms with E-state index in [0.717, 1.165) is 34.4 Å². The molecule has 0 aromatic heterocycles. The van der Waals surface area contributed by atoms with E-state index in [0.29, 0.717) is 18.1 Å². The summed E-state index contributed by atoms with van der Waals surface area (Å²) >= 11 is 0. The molecule has 0 bridgehead atoms. The average molecular weight is 609 g/mol. The highest BCUT2D eigenvalue weighted by molar-refractivity contribution is 5.83. The van der Waals surface area contributed by atoms with Crippen LogP contribution >= 0.6 is 0 Å². The van der Waals surface area contributed by atoms with Crippen molar-refractivity contribution in [2.24, 2.45) is 0 Å². The van der Waals surface area contributed by atoms with E-state index in [9.17, 15) is 5.11 Å². The first kappa shape index (κ1) is 35.8. The van der Waals surface area contributed by atoms with E-state index in [4.69, 9.17) is 9.84 Å². The predicted octanol–water partition coefficient (Wildman–Crippen LogP) is 12.8. The minimum Gasteiger partial charge on any atom is -0.508 e. The van der Waals surface area contributed by atoms with Crippen LogP contribution in [0.2, 0.25) is 0 Å². The van der Waals surface area contributed by atoms with Crippen LogP contribution in [0.25, 0.3) is 22.3 Å². The lowest BCUT2D eigenvalue weighted by Gasteiger charge is -2.15. The van der Waals surface area contributed by atoms with E-state index in [-0.39, 0.29) is 0 Å². The van der Waals surface area contributed by atoms with Gasteiger partial charge in [-0.15, -0.1) is 0 Å². The van der Waals surface area contributed by atoms with Gasteiger partial charge in [0.1, 0.15) is 17.2 Å². The highest BCUT2D eigenvalue weighted by Crippen LogP contribution is 2.41. The molecule has 3 heteroatoms. The number of hydrogen-bond donors (Lipinski definition) is 2. The standard InChI is InChI=1S/C36H50O2.C6H6O/c1-2-3-4-5-6-7-8-9-10-11-12-13-14-15-16-23-28-38-33-29-34(31-24-19-17-20-25-31)36(37)35(30-33)32-26-21-18-22-27-32;7-6-4-2-1-3-5-6/h17-22,24-27,29-30,37H,2-16,23,28H2,1H3;1-5,7H. The maximum atomic E-state index is 11.1. The lowest BCUT2D eigenvalue weighted by Crippen LogP contribution is -1.98. The Labute approximate surface area is 273 Å². The topological polar surface area (TPSA) is 49.7 Å². The second-order valence-electron chi connectivity index (χ2n) is 12.1. The summed E-state index contributed by atoms with van der Waals surface area (Å²) in [6, 6.07) is 32.8. The van der Waals surface area contributed by atoms with Crippen LogP contribution in [0.1, 0.15) is 110 Å². The van der Waals surface area contributed by atoms with Crippen molar-refractivity contribution in [1.29, 1.82) is 0 Å². The summed E-state index contributed by atoms with van der Waals surface area (Å²) in [6.45, 7) is 3.00. The summed E-state index contributed by atoms with van der Waals surface area (Å²) < 4.78 is 6.19. The van der Waals surface area contributed by atoms with E-state index in [1.165, 1.54) is 96.3 Å². The highest BCUT2D eigenvalue weighted by Gasteiger charge is 2.14. The number of phenolic OH excluding ortho intramolecular Hbond substituents is 2. The van der Waals surface area contributed by atoms with Crippen LogP contribution in [-0.2, 0) is 0 Å². The molecule has 0 aliphatic rings. The van der Waals surface area contributed by atoms with E-state index in [1.807, 2.05) is 78.9 Å². The number of ether oxygens (including phenoxy) is 1. The fraction of sp³-hybridized carbons (Fsp3) is 0.429. The van der Waals surface area contributed by atoms with Crippen molar-refractivity contribution in [3.63, 3.8) is 0 Å². The number of phenols is 2. The van der Waals surface area contributed by atoms with Crippen molar-refractivity contribution in [1.82, 2.24) is 0 Å². The molecule has 3 nitrogen and oxygen atoms in total. The Morgan fingerprint density at radius 3 is 1.16 bits per heavy atom. The Bertz CT molecular complexity index is 1210. The van der Waals surface area contributed by atoms with Crippen LogP contribution in [0.5, 0.6) is 17.2 Å². The van der Waals surface area contributed by atoms with Gasteiger partial charge in [-0.25, -0.2) is 0 Å². The Balaban J connectivity index is 0.000000693. The monoisotopic (exact) mass is 608 g/mol. The van der Waals surface area contributed by atoms with Crippen molar-refractivity contribution >= 4 is 0 Å². The zero-order chi connectivity index (χ0) is 31.8. The number of para-hydroxylation sites is 1.